The quantitative estimate of drug-likeness (QED) is 0.0261. The van der Waals surface area contributed by atoms with Crippen molar-refractivity contribution in [3.8, 4) is 0 Å². The van der Waals surface area contributed by atoms with Crippen LogP contribution in [-0.4, -0.2) is 37.2 Å². The van der Waals surface area contributed by atoms with Gasteiger partial charge in [-0.3, -0.25) is 14.4 Å². The summed E-state index contributed by atoms with van der Waals surface area (Å²) >= 11 is 0. The first-order chi connectivity index (χ1) is 37.5. The number of carbonyl (C=O) groups excluding carboxylic acids is 3. The van der Waals surface area contributed by atoms with Gasteiger partial charge in [-0.2, -0.15) is 0 Å². The summed E-state index contributed by atoms with van der Waals surface area (Å²) in [5, 5.41) is 0. The Morgan fingerprint density at radius 3 is 0.816 bits per heavy atom. The zero-order valence-electron chi connectivity index (χ0n) is 50.3. The normalized spacial score (nSPS) is 12.6. The van der Waals surface area contributed by atoms with Crippen molar-refractivity contribution in [1.82, 2.24) is 0 Å². The second kappa shape index (κ2) is 64.1. The summed E-state index contributed by atoms with van der Waals surface area (Å²) < 4.78 is 16.8. The van der Waals surface area contributed by atoms with Crippen molar-refractivity contribution in [2.75, 3.05) is 13.2 Å². The first-order valence-electron chi connectivity index (χ1n) is 32.6. The molecular weight excluding hydrogens is 937 g/mol. The molecular formula is C70H122O6. The fourth-order valence-electron chi connectivity index (χ4n) is 9.27. The minimum Gasteiger partial charge on any atom is -0.462 e. The van der Waals surface area contributed by atoms with Gasteiger partial charge < -0.3 is 14.2 Å². The van der Waals surface area contributed by atoms with Crippen LogP contribution < -0.4 is 0 Å². The van der Waals surface area contributed by atoms with Crippen LogP contribution in [0.2, 0.25) is 0 Å². The Labute approximate surface area is 471 Å². The molecule has 0 aromatic rings. The minimum absolute atomic E-state index is 0.0753. The molecule has 6 heteroatoms. The zero-order valence-corrected chi connectivity index (χ0v) is 50.3. The molecule has 0 spiro atoms. The van der Waals surface area contributed by atoms with E-state index in [0.29, 0.717) is 19.3 Å². The number of unbranched alkanes of at least 4 members (excludes halogenated alkanes) is 34. The molecule has 0 bridgehead atoms. The maximum Gasteiger partial charge on any atom is 0.306 e. The third-order valence-electron chi connectivity index (χ3n) is 14.1. The third kappa shape index (κ3) is 61.4. The molecule has 1 unspecified atom stereocenters. The van der Waals surface area contributed by atoms with Crippen molar-refractivity contribution in [2.45, 2.75) is 329 Å². The van der Waals surface area contributed by atoms with Gasteiger partial charge in [0.2, 0.25) is 0 Å². The lowest BCUT2D eigenvalue weighted by Crippen LogP contribution is -2.30. The first-order valence-corrected chi connectivity index (χ1v) is 32.6. The van der Waals surface area contributed by atoms with Crippen molar-refractivity contribution >= 4 is 17.9 Å². The summed E-state index contributed by atoms with van der Waals surface area (Å²) in [6.45, 7) is 6.50. The van der Waals surface area contributed by atoms with Gasteiger partial charge in [0.15, 0.2) is 6.10 Å². The summed E-state index contributed by atoms with van der Waals surface area (Å²) in [4.78, 5) is 38.0. The Morgan fingerprint density at radius 1 is 0.276 bits per heavy atom. The van der Waals surface area contributed by atoms with E-state index < -0.39 is 6.10 Å². The van der Waals surface area contributed by atoms with Gasteiger partial charge in [-0.25, -0.2) is 0 Å². The molecule has 0 amide bonds. The Kier molecular flexibility index (Phi) is 61.2. The van der Waals surface area contributed by atoms with Crippen LogP contribution in [0.5, 0.6) is 0 Å². The van der Waals surface area contributed by atoms with Gasteiger partial charge in [-0.1, -0.05) is 292 Å². The molecule has 0 N–H and O–H groups in total. The Balaban J connectivity index is 4.01. The highest BCUT2D eigenvalue weighted by molar-refractivity contribution is 5.71. The van der Waals surface area contributed by atoms with Gasteiger partial charge in [-0.15, -0.1) is 0 Å². The first kappa shape index (κ1) is 72.6. The van der Waals surface area contributed by atoms with E-state index in [2.05, 4.69) is 106 Å². The second-order valence-electron chi connectivity index (χ2n) is 21.6. The van der Waals surface area contributed by atoms with Crippen LogP contribution in [-0.2, 0) is 28.6 Å². The van der Waals surface area contributed by atoms with Crippen molar-refractivity contribution in [3.05, 3.63) is 85.1 Å². The average Bonchev–Trinajstić information content (AvgIpc) is 3.42. The second-order valence-corrected chi connectivity index (χ2v) is 21.6. The molecule has 0 aromatic heterocycles. The van der Waals surface area contributed by atoms with Gasteiger partial charge in [-0.05, 0) is 96.3 Å². The molecule has 6 nitrogen and oxygen atoms in total. The lowest BCUT2D eigenvalue weighted by molar-refractivity contribution is -0.167. The van der Waals surface area contributed by atoms with E-state index in [4.69, 9.17) is 14.2 Å². The van der Waals surface area contributed by atoms with E-state index in [0.717, 1.165) is 103 Å². The molecule has 0 radical (unpaired) electrons. The van der Waals surface area contributed by atoms with Crippen molar-refractivity contribution in [2.24, 2.45) is 0 Å². The molecule has 0 aromatic carbocycles. The predicted molar refractivity (Wildman–Crippen MR) is 330 cm³/mol. The van der Waals surface area contributed by atoms with Gasteiger partial charge in [0.25, 0.3) is 0 Å². The van der Waals surface area contributed by atoms with E-state index in [-0.39, 0.29) is 31.1 Å². The molecule has 76 heavy (non-hydrogen) atoms. The molecule has 0 aliphatic rings. The molecule has 0 saturated carbocycles. The summed E-state index contributed by atoms with van der Waals surface area (Å²) in [6.07, 6.45) is 84.9. The van der Waals surface area contributed by atoms with Crippen LogP contribution in [0.25, 0.3) is 0 Å². The van der Waals surface area contributed by atoms with Crippen molar-refractivity contribution < 1.29 is 28.6 Å². The molecule has 1 atom stereocenters. The van der Waals surface area contributed by atoms with E-state index in [1.54, 1.807) is 0 Å². The fraction of sp³-hybridized carbons (Fsp3) is 0.757. The number of hydrogen-bond donors (Lipinski definition) is 0. The van der Waals surface area contributed by atoms with Crippen LogP contribution in [0.15, 0.2) is 85.1 Å². The minimum atomic E-state index is -0.775. The van der Waals surface area contributed by atoms with Crippen molar-refractivity contribution in [3.63, 3.8) is 0 Å². The average molecular weight is 1060 g/mol. The highest BCUT2D eigenvalue weighted by Crippen LogP contribution is 2.17. The Hall–Kier alpha value is -3.41. The fourth-order valence-corrected chi connectivity index (χ4v) is 9.27. The highest BCUT2D eigenvalue weighted by atomic mass is 16.6. The highest BCUT2D eigenvalue weighted by Gasteiger charge is 2.19. The van der Waals surface area contributed by atoms with Gasteiger partial charge in [0, 0.05) is 19.3 Å². The Bertz CT molecular complexity index is 1450. The zero-order chi connectivity index (χ0) is 55.0. The third-order valence-corrected chi connectivity index (χ3v) is 14.1. The van der Waals surface area contributed by atoms with E-state index >= 15 is 0 Å². The smallest absolute Gasteiger partial charge is 0.306 e. The number of carbonyl (C=O) groups is 3. The molecule has 0 aliphatic carbocycles. The molecule has 0 fully saturated rings. The molecule has 0 rings (SSSR count). The van der Waals surface area contributed by atoms with Crippen LogP contribution in [0.1, 0.15) is 323 Å². The summed E-state index contributed by atoms with van der Waals surface area (Å²) in [5.41, 5.74) is 0. The summed E-state index contributed by atoms with van der Waals surface area (Å²) in [7, 11) is 0. The van der Waals surface area contributed by atoms with Crippen LogP contribution in [0.4, 0.5) is 0 Å². The standard InChI is InChI=1S/C70H122O6/c1-4-7-10-13-16-18-20-22-24-26-27-28-29-30-31-32-33-34-35-36-37-38-39-40-41-42-43-44-46-47-49-51-54-57-60-63-69(72)75-66-67(65-74-68(71)62-59-56-53-15-12-9-6-3)76-70(73)64-61-58-55-52-50-48-45-25-23-21-19-17-14-11-8-5-2/h7,10,16,18,22,24-25,27-28,30-31,33-34,45,67H,4-6,8-9,11-15,17,19-21,23,26,29,32,35-44,46-66H2,1-3H3/b10-7-,18-16-,24-22-,28-27-,31-30-,34-33-,45-25-. The molecule has 0 aliphatic heterocycles. The Morgan fingerprint density at radius 2 is 0.513 bits per heavy atom. The summed E-state index contributed by atoms with van der Waals surface area (Å²) in [5.74, 6) is -0.878. The van der Waals surface area contributed by atoms with Gasteiger partial charge in [0.05, 0.1) is 0 Å². The lowest BCUT2D eigenvalue weighted by Gasteiger charge is -2.18. The number of hydrogen-bond acceptors (Lipinski definition) is 6. The van der Waals surface area contributed by atoms with Crippen molar-refractivity contribution in [1.29, 1.82) is 0 Å². The van der Waals surface area contributed by atoms with E-state index in [1.165, 1.54) is 180 Å². The SMILES string of the molecule is CC/C=C\C/C=C\C/C=C\C/C=C\C/C=C\C/C=C\CCCCCCCCCCCCCCCCCCC(=O)OCC(COC(=O)CCCCCCCCC)OC(=O)CCCCCCC/C=C\CCCCCCCCC. The molecule has 0 saturated heterocycles. The number of allylic oxidation sites excluding steroid dienone is 14. The number of ether oxygens (including phenoxy) is 3. The van der Waals surface area contributed by atoms with Crippen LogP contribution in [0, 0.1) is 0 Å². The van der Waals surface area contributed by atoms with E-state index in [9.17, 15) is 14.4 Å². The number of rotatable bonds is 59. The molecule has 438 valence electrons. The topological polar surface area (TPSA) is 78.9 Å². The predicted octanol–water partition coefficient (Wildman–Crippen LogP) is 22.3. The molecule has 0 heterocycles. The summed E-state index contributed by atoms with van der Waals surface area (Å²) in [6, 6.07) is 0. The van der Waals surface area contributed by atoms with Crippen LogP contribution >= 0.6 is 0 Å². The van der Waals surface area contributed by atoms with Gasteiger partial charge in [0.1, 0.15) is 13.2 Å². The number of esters is 3. The lowest BCUT2D eigenvalue weighted by atomic mass is 10.0. The maximum atomic E-state index is 12.8. The largest absolute Gasteiger partial charge is 0.462 e. The monoisotopic (exact) mass is 1060 g/mol. The van der Waals surface area contributed by atoms with Crippen LogP contribution in [0.3, 0.4) is 0 Å². The maximum absolute atomic E-state index is 12.8. The van der Waals surface area contributed by atoms with Gasteiger partial charge >= 0.3 is 17.9 Å². The van der Waals surface area contributed by atoms with E-state index in [1.807, 2.05) is 0 Å².